The molecule has 0 spiro atoms. The fourth-order valence-corrected chi connectivity index (χ4v) is 3.33. The lowest BCUT2D eigenvalue weighted by Gasteiger charge is -2.28. The largest absolute Gasteiger partial charge is 0.493 e. The second-order valence-corrected chi connectivity index (χ2v) is 7.21. The second-order valence-electron chi connectivity index (χ2n) is 7.21. The molecule has 1 atom stereocenters. The van der Waals surface area contributed by atoms with E-state index >= 15 is 0 Å². The fraction of sp³-hybridized carbons (Fsp3) is 0.571. The second kappa shape index (κ2) is 11.2. The molecule has 0 bridgehead atoms. The summed E-state index contributed by atoms with van der Waals surface area (Å²) >= 11 is 0. The van der Waals surface area contributed by atoms with Crippen molar-refractivity contribution in [2.24, 2.45) is 0 Å². The summed E-state index contributed by atoms with van der Waals surface area (Å²) in [6.45, 7) is 8.44. The first-order valence-corrected chi connectivity index (χ1v) is 10.1. The van der Waals surface area contributed by atoms with Crippen LogP contribution in [0.15, 0.2) is 30.6 Å². The van der Waals surface area contributed by atoms with E-state index in [0.29, 0.717) is 18.0 Å². The Morgan fingerprint density at radius 1 is 1.28 bits per heavy atom. The molecule has 1 aromatic heterocycles. The highest BCUT2D eigenvalue weighted by Crippen LogP contribution is 2.28. The van der Waals surface area contributed by atoms with E-state index in [4.69, 9.17) is 14.2 Å². The molecule has 2 aromatic rings. The predicted molar refractivity (Wildman–Crippen MR) is 110 cm³/mol. The third kappa shape index (κ3) is 6.71. The topological polar surface area (TPSA) is 81.0 Å². The third-order valence-electron chi connectivity index (χ3n) is 5.01. The van der Waals surface area contributed by atoms with E-state index in [1.54, 1.807) is 7.11 Å². The molecule has 0 aliphatic carbocycles. The molecule has 0 amide bonds. The summed E-state index contributed by atoms with van der Waals surface area (Å²) in [4.78, 5) is 6.42. The van der Waals surface area contributed by atoms with Crippen LogP contribution in [0.3, 0.4) is 0 Å². The molecule has 1 aliphatic heterocycles. The highest BCUT2D eigenvalue weighted by Gasteiger charge is 2.16. The van der Waals surface area contributed by atoms with Crippen molar-refractivity contribution in [1.82, 2.24) is 19.8 Å². The van der Waals surface area contributed by atoms with Gasteiger partial charge in [-0.1, -0.05) is 6.07 Å². The van der Waals surface area contributed by atoms with Crippen LogP contribution < -0.4 is 14.8 Å². The van der Waals surface area contributed by atoms with Gasteiger partial charge in [-0.05, 0) is 24.6 Å². The zero-order valence-electron chi connectivity index (χ0n) is 17.3. The van der Waals surface area contributed by atoms with Gasteiger partial charge < -0.3 is 29.2 Å². The van der Waals surface area contributed by atoms with E-state index in [-0.39, 0.29) is 6.61 Å². The van der Waals surface area contributed by atoms with E-state index in [1.165, 1.54) is 0 Å². The highest BCUT2D eigenvalue weighted by atomic mass is 16.5. The van der Waals surface area contributed by atoms with E-state index in [2.05, 4.69) is 19.8 Å². The molecule has 0 radical (unpaired) electrons. The van der Waals surface area contributed by atoms with Gasteiger partial charge in [0.1, 0.15) is 18.5 Å². The number of β-amino-alcohol motifs (C(OH)–C–C–N with tert-alkyl or cyclic N) is 1. The molecule has 3 rings (SSSR count). The van der Waals surface area contributed by atoms with Crippen LogP contribution in [0.2, 0.25) is 0 Å². The van der Waals surface area contributed by atoms with Crippen molar-refractivity contribution in [2.45, 2.75) is 26.1 Å². The van der Waals surface area contributed by atoms with Crippen molar-refractivity contribution in [3.8, 4) is 11.5 Å². The molecule has 0 saturated carbocycles. The number of aliphatic hydroxyl groups excluding tert-OH is 1. The number of rotatable bonds is 11. The number of ether oxygens (including phenoxy) is 3. The van der Waals surface area contributed by atoms with Gasteiger partial charge in [-0.2, -0.15) is 0 Å². The highest BCUT2D eigenvalue weighted by molar-refractivity contribution is 5.43. The maximum absolute atomic E-state index is 10.3. The molecular formula is C21H32N4O4. The maximum atomic E-state index is 10.3. The van der Waals surface area contributed by atoms with Crippen LogP contribution in [-0.4, -0.2) is 78.8 Å². The third-order valence-corrected chi connectivity index (χ3v) is 5.01. The van der Waals surface area contributed by atoms with Crippen molar-refractivity contribution in [3.63, 3.8) is 0 Å². The van der Waals surface area contributed by atoms with Gasteiger partial charge in [0.25, 0.3) is 0 Å². The Morgan fingerprint density at radius 3 is 2.83 bits per heavy atom. The van der Waals surface area contributed by atoms with Gasteiger partial charge in [-0.25, -0.2) is 4.98 Å². The van der Waals surface area contributed by atoms with Gasteiger partial charge in [0, 0.05) is 51.7 Å². The summed E-state index contributed by atoms with van der Waals surface area (Å²) in [5.41, 5.74) is 1.12. The van der Waals surface area contributed by atoms with E-state index in [1.807, 2.05) is 37.5 Å². The van der Waals surface area contributed by atoms with Crippen molar-refractivity contribution in [2.75, 3.05) is 53.1 Å². The normalized spacial score (nSPS) is 16.0. The molecule has 1 aromatic carbocycles. The Labute approximate surface area is 172 Å². The van der Waals surface area contributed by atoms with Crippen LogP contribution in [0.25, 0.3) is 0 Å². The van der Waals surface area contributed by atoms with Crippen LogP contribution in [-0.2, 0) is 17.8 Å². The van der Waals surface area contributed by atoms with Crippen LogP contribution in [0.5, 0.6) is 11.5 Å². The standard InChI is InChI=1S/C21H32N4O4/c1-17-23-6-8-25(17)7-5-22-14-18-3-4-20(21(13-18)27-2)29-16-19(26)15-24-9-11-28-12-10-24/h3-4,6,8,13,19,22,26H,5,7,9-12,14-16H2,1-2H3/t19-/m0/s1. The van der Waals surface area contributed by atoms with E-state index in [9.17, 15) is 5.11 Å². The van der Waals surface area contributed by atoms with Gasteiger partial charge in [0.2, 0.25) is 0 Å². The van der Waals surface area contributed by atoms with Crippen LogP contribution >= 0.6 is 0 Å². The number of aromatic nitrogens is 2. The maximum Gasteiger partial charge on any atom is 0.161 e. The fourth-order valence-electron chi connectivity index (χ4n) is 3.33. The zero-order chi connectivity index (χ0) is 20.5. The van der Waals surface area contributed by atoms with Gasteiger partial charge in [0.15, 0.2) is 11.5 Å². The quantitative estimate of drug-likeness (QED) is 0.542. The lowest BCUT2D eigenvalue weighted by molar-refractivity contribution is 0.00445. The number of aryl methyl sites for hydroxylation is 1. The van der Waals surface area contributed by atoms with Crippen LogP contribution in [0, 0.1) is 6.92 Å². The number of morpholine rings is 1. The number of benzene rings is 1. The molecule has 160 valence electrons. The first-order valence-electron chi connectivity index (χ1n) is 10.1. The lowest BCUT2D eigenvalue weighted by atomic mass is 10.2. The van der Waals surface area contributed by atoms with Gasteiger partial charge in [-0.3, -0.25) is 4.90 Å². The number of aliphatic hydroxyl groups is 1. The first-order chi connectivity index (χ1) is 14.2. The SMILES string of the molecule is COc1cc(CNCCn2ccnc2C)ccc1OC[C@@H](O)CN1CCOCC1. The minimum absolute atomic E-state index is 0.232. The van der Waals surface area contributed by atoms with Crippen LogP contribution in [0.4, 0.5) is 0 Å². The van der Waals surface area contributed by atoms with Gasteiger partial charge in [0.05, 0.1) is 20.3 Å². The minimum Gasteiger partial charge on any atom is -0.493 e. The number of hydrogen-bond donors (Lipinski definition) is 2. The number of nitrogens with zero attached hydrogens (tertiary/aromatic N) is 3. The zero-order valence-corrected chi connectivity index (χ0v) is 17.3. The molecule has 29 heavy (non-hydrogen) atoms. The summed E-state index contributed by atoms with van der Waals surface area (Å²) in [7, 11) is 1.63. The lowest BCUT2D eigenvalue weighted by Crippen LogP contribution is -2.42. The number of imidazole rings is 1. The summed E-state index contributed by atoms with van der Waals surface area (Å²) in [5.74, 6) is 2.34. The van der Waals surface area contributed by atoms with E-state index in [0.717, 1.165) is 57.3 Å². The average Bonchev–Trinajstić information content (AvgIpc) is 3.15. The molecule has 1 aliphatic rings. The Bertz CT molecular complexity index is 746. The first kappa shape index (κ1) is 21.6. The molecule has 0 unspecified atom stereocenters. The van der Waals surface area contributed by atoms with Gasteiger partial charge in [-0.15, -0.1) is 0 Å². The van der Waals surface area contributed by atoms with Crippen molar-refractivity contribution in [1.29, 1.82) is 0 Å². The monoisotopic (exact) mass is 404 g/mol. The number of nitrogens with one attached hydrogen (secondary N) is 1. The predicted octanol–water partition coefficient (Wildman–Crippen LogP) is 1.06. The summed E-state index contributed by atoms with van der Waals surface area (Å²) in [5, 5.41) is 13.7. The Balaban J connectivity index is 1.43. The van der Waals surface area contributed by atoms with Crippen molar-refractivity contribution in [3.05, 3.63) is 42.0 Å². The molecule has 1 fully saturated rings. The molecule has 2 heterocycles. The summed E-state index contributed by atoms with van der Waals surface area (Å²) < 4.78 is 18.7. The molecular weight excluding hydrogens is 372 g/mol. The summed E-state index contributed by atoms with van der Waals surface area (Å²) in [6, 6.07) is 5.89. The van der Waals surface area contributed by atoms with Crippen molar-refractivity contribution >= 4 is 0 Å². The molecule has 2 N–H and O–H groups in total. The summed E-state index contributed by atoms with van der Waals surface area (Å²) in [6.07, 6.45) is 3.25. The smallest absolute Gasteiger partial charge is 0.161 e. The Morgan fingerprint density at radius 2 is 2.10 bits per heavy atom. The Kier molecular flexibility index (Phi) is 8.30. The Hall–Kier alpha value is -2.13. The molecule has 1 saturated heterocycles. The van der Waals surface area contributed by atoms with Crippen molar-refractivity contribution < 1.29 is 19.3 Å². The molecule has 8 heteroatoms. The number of hydrogen-bond acceptors (Lipinski definition) is 7. The average molecular weight is 405 g/mol. The van der Waals surface area contributed by atoms with Gasteiger partial charge >= 0.3 is 0 Å². The number of methoxy groups -OCH3 is 1. The minimum atomic E-state index is -0.550. The van der Waals surface area contributed by atoms with E-state index < -0.39 is 6.10 Å². The van der Waals surface area contributed by atoms with Crippen LogP contribution in [0.1, 0.15) is 11.4 Å². The molecule has 8 nitrogen and oxygen atoms in total.